The van der Waals surface area contributed by atoms with E-state index in [1.54, 1.807) is 30.3 Å². The third kappa shape index (κ3) is 6.02. The van der Waals surface area contributed by atoms with E-state index in [4.69, 9.17) is 4.74 Å². The van der Waals surface area contributed by atoms with Crippen molar-refractivity contribution in [3.63, 3.8) is 0 Å². The number of fused-ring (bicyclic) bond motifs is 3. The number of aryl methyl sites for hydroxylation is 1. The summed E-state index contributed by atoms with van der Waals surface area (Å²) in [4.78, 5) is 14.2. The number of carbonyl (C=O) groups is 1. The molecule has 0 bridgehead atoms. The van der Waals surface area contributed by atoms with Crippen LogP contribution in [0.3, 0.4) is 0 Å². The molecule has 234 valence electrons. The van der Waals surface area contributed by atoms with Crippen molar-refractivity contribution in [1.29, 1.82) is 0 Å². The minimum Gasteiger partial charge on any atom is -0.426 e. The molecule has 4 atom stereocenters. The second-order valence-corrected chi connectivity index (χ2v) is 13.7. The molecule has 0 aromatic heterocycles. The van der Waals surface area contributed by atoms with Crippen LogP contribution in [-0.4, -0.2) is 14.4 Å². The number of allylic oxidation sites excluding steroid dienone is 2. The van der Waals surface area contributed by atoms with Crippen molar-refractivity contribution in [3.8, 4) is 0 Å². The predicted octanol–water partition coefficient (Wildman–Crippen LogP) is 8.33. The van der Waals surface area contributed by atoms with E-state index in [2.05, 4.69) is 4.72 Å². The molecule has 0 saturated carbocycles. The monoisotopic (exact) mass is 641 g/mol. The molecule has 47 heavy (non-hydrogen) atoms. The number of sulfonamides is 1. The molecule has 1 N–H and O–H groups in total. The Morgan fingerprint density at radius 1 is 0.809 bits per heavy atom. The van der Waals surface area contributed by atoms with Crippen LogP contribution in [0.2, 0.25) is 0 Å². The van der Waals surface area contributed by atoms with Crippen LogP contribution < -0.4 is 4.72 Å². The van der Waals surface area contributed by atoms with Gasteiger partial charge in [0.05, 0.1) is 16.5 Å². The van der Waals surface area contributed by atoms with E-state index in [1.807, 2.05) is 110 Å². The molecule has 0 fully saturated rings. The van der Waals surface area contributed by atoms with E-state index < -0.39 is 39.7 Å². The van der Waals surface area contributed by atoms with Crippen LogP contribution in [0.1, 0.15) is 51.1 Å². The molecule has 1 aliphatic heterocycles. The fourth-order valence-electron chi connectivity index (χ4n) is 6.77. The molecule has 0 radical (unpaired) electrons. The van der Waals surface area contributed by atoms with E-state index >= 15 is 0 Å². The first-order valence-corrected chi connectivity index (χ1v) is 17.0. The van der Waals surface area contributed by atoms with E-state index in [-0.39, 0.29) is 10.7 Å². The van der Waals surface area contributed by atoms with Crippen molar-refractivity contribution in [2.45, 2.75) is 29.6 Å². The smallest absolute Gasteiger partial charge is 0.315 e. The minimum absolute atomic E-state index is 0.136. The highest BCUT2D eigenvalue weighted by molar-refractivity contribution is 7.89. The van der Waals surface area contributed by atoms with Crippen molar-refractivity contribution < 1.29 is 22.3 Å². The summed E-state index contributed by atoms with van der Waals surface area (Å²) >= 11 is 0. The SMILES string of the molecule is Cc1ccc(S(=O)(=O)N/C(=C\[C@@H](c2ccccc2)[C@H]2c3ccc(F)cc3[C@@H]3C=C(c4ccccc4)OC(=O)[C@H]23)c2ccccc2)cc1. The first-order valence-electron chi connectivity index (χ1n) is 15.5. The number of esters is 1. The standard InChI is InChI=1S/C40H32FNO4S/c1-26-17-20-31(21-18-26)47(44,45)42-36(28-13-7-3-8-14-28)24-33(27-11-5-2-6-12-27)38-32-22-19-30(41)23-34(32)35-25-37(46-40(43)39(35)38)29-15-9-4-10-16-29/h2-25,33,35,38-39,42H,1H3/b36-24-/t33-,35-,38+,39-/m0/s1. The minimum atomic E-state index is -3.98. The van der Waals surface area contributed by atoms with Gasteiger partial charge in [0.1, 0.15) is 11.6 Å². The summed E-state index contributed by atoms with van der Waals surface area (Å²) in [5, 5.41) is 0. The normalized spacial score (nSPS) is 19.6. The average Bonchev–Trinajstić information content (AvgIpc) is 3.41. The zero-order chi connectivity index (χ0) is 32.5. The topological polar surface area (TPSA) is 72.5 Å². The van der Waals surface area contributed by atoms with Gasteiger partial charge in [-0.05, 0) is 59.5 Å². The molecular weight excluding hydrogens is 610 g/mol. The van der Waals surface area contributed by atoms with Crippen LogP contribution in [0.25, 0.3) is 11.5 Å². The Labute approximate surface area is 274 Å². The fourth-order valence-corrected chi connectivity index (χ4v) is 7.86. The molecule has 7 rings (SSSR count). The fraction of sp³-hybridized carbons (Fsp3) is 0.125. The zero-order valence-corrected chi connectivity index (χ0v) is 26.4. The first-order chi connectivity index (χ1) is 22.8. The summed E-state index contributed by atoms with van der Waals surface area (Å²) in [6.45, 7) is 1.90. The Morgan fingerprint density at radius 3 is 2.13 bits per heavy atom. The van der Waals surface area contributed by atoms with Gasteiger partial charge in [0.2, 0.25) is 0 Å². The van der Waals surface area contributed by atoms with E-state index in [0.29, 0.717) is 17.0 Å². The summed E-state index contributed by atoms with van der Waals surface area (Å²) in [7, 11) is -3.98. The highest BCUT2D eigenvalue weighted by Crippen LogP contribution is 2.57. The van der Waals surface area contributed by atoms with Crippen molar-refractivity contribution in [2.75, 3.05) is 0 Å². The van der Waals surface area contributed by atoms with Crippen molar-refractivity contribution in [3.05, 3.63) is 185 Å². The number of rotatable bonds is 8. The van der Waals surface area contributed by atoms with E-state index in [9.17, 15) is 17.6 Å². The van der Waals surface area contributed by atoms with E-state index in [1.165, 1.54) is 12.1 Å². The molecule has 5 aromatic carbocycles. The molecule has 1 heterocycles. The first kappa shape index (κ1) is 30.4. The van der Waals surface area contributed by atoms with Crippen molar-refractivity contribution >= 4 is 27.4 Å². The van der Waals surface area contributed by atoms with Crippen LogP contribution in [0.15, 0.2) is 151 Å². The van der Waals surface area contributed by atoms with Gasteiger partial charge in [-0.3, -0.25) is 9.52 Å². The van der Waals surface area contributed by atoms with Crippen LogP contribution >= 0.6 is 0 Å². The van der Waals surface area contributed by atoms with Gasteiger partial charge in [-0.2, -0.15) is 0 Å². The maximum absolute atomic E-state index is 14.9. The molecule has 2 aliphatic rings. The van der Waals surface area contributed by atoms with Gasteiger partial charge in [0, 0.05) is 23.3 Å². The number of cyclic esters (lactones) is 1. The summed E-state index contributed by atoms with van der Waals surface area (Å²) < 4.78 is 51.3. The second kappa shape index (κ2) is 12.5. The van der Waals surface area contributed by atoms with Gasteiger partial charge in [0.25, 0.3) is 10.0 Å². The Balaban J connectivity index is 1.40. The third-order valence-electron chi connectivity index (χ3n) is 8.99. The van der Waals surface area contributed by atoms with Crippen LogP contribution in [0.4, 0.5) is 4.39 Å². The number of nitrogens with one attached hydrogen (secondary N) is 1. The van der Waals surface area contributed by atoms with Crippen molar-refractivity contribution in [2.24, 2.45) is 5.92 Å². The Bertz CT molecular complexity index is 2090. The van der Waals surface area contributed by atoms with Gasteiger partial charge in [-0.15, -0.1) is 0 Å². The van der Waals surface area contributed by atoms with Gasteiger partial charge >= 0.3 is 5.97 Å². The quantitative estimate of drug-likeness (QED) is 0.173. The lowest BCUT2D eigenvalue weighted by Crippen LogP contribution is -2.30. The number of hydrogen-bond donors (Lipinski definition) is 1. The molecule has 0 saturated heterocycles. The van der Waals surface area contributed by atoms with Crippen LogP contribution in [-0.2, 0) is 19.6 Å². The van der Waals surface area contributed by atoms with Gasteiger partial charge < -0.3 is 4.74 Å². The number of ether oxygens (including phenoxy) is 1. The highest BCUT2D eigenvalue weighted by Gasteiger charge is 2.50. The molecule has 7 heteroatoms. The summed E-state index contributed by atoms with van der Waals surface area (Å²) in [6, 6.07) is 39.7. The number of benzene rings is 5. The Kier molecular flexibility index (Phi) is 8.08. The summed E-state index contributed by atoms with van der Waals surface area (Å²) in [6.07, 6.45) is 3.81. The number of carbonyl (C=O) groups excluding carboxylic acids is 1. The van der Waals surface area contributed by atoms with Crippen molar-refractivity contribution in [1.82, 2.24) is 4.72 Å². The third-order valence-corrected chi connectivity index (χ3v) is 10.4. The van der Waals surface area contributed by atoms with Crippen LogP contribution in [0, 0.1) is 18.7 Å². The van der Waals surface area contributed by atoms with Gasteiger partial charge in [-0.25, -0.2) is 12.8 Å². The molecular formula is C40H32FNO4S. The molecule has 1 aliphatic carbocycles. The average molecular weight is 642 g/mol. The number of hydrogen-bond acceptors (Lipinski definition) is 4. The highest BCUT2D eigenvalue weighted by atomic mass is 32.2. The molecule has 0 amide bonds. The lowest BCUT2D eigenvalue weighted by molar-refractivity contribution is -0.143. The van der Waals surface area contributed by atoms with Gasteiger partial charge in [-0.1, -0.05) is 121 Å². The lowest BCUT2D eigenvalue weighted by Gasteiger charge is -2.32. The maximum atomic E-state index is 14.9. The lowest BCUT2D eigenvalue weighted by atomic mass is 9.74. The molecule has 0 spiro atoms. The maximum Gasteiger partial charge on any atom is 0.315 e. The Hall–Kier alpha value is -5.27. The summed E-state index contributed by atoms with van der Waals surface area (Å²) in [5.41, 5.74) is 5.16. The molecule has 0 unspecified atom stereocenters. The second-order valence-electron chi connectivity index (χ2n) is 12.0. The van der Waals surface area contributed by atoms with Crippen LogP contribution in [0.5, 0.6) is 0 Å². The predicted molar refractivity (Wildman–Crippen MR) is 181 cm³/mol. The van der Waals surface area contributed by atoms with E-state index in [0.717, 1.165) is 27.8 Å². The summed E-state index contributed by atoms with van der Waals surface area (Å²) in [5.74, 6) is -2.45. The Morgan fingerprint density at radius 2 is 1.45 bits per heavy atom. The van der Waals surface area contributed by atoms with Gasteiger partial charge in [0.15, 0.2) is 0 Å². The largest absolute Gasteiger partial charge is 0.426 e. The molecule has 5 aromatic rings. The number of halogens is 1. The molecule has 5 nitrogen and oxygen atoms in total. The zero-order valence-electron chi connectivity index (χ0n) is 25.6.